The van der Waals surface area contributed by atoms with E-state index in [0.29, 0.717) is 12.3 Å². The SMILES string of the molecule is CC1(C)c2ccccc2-c2cc3c4ccccc4n(C4=C(c5ccccc5)C=C(C(=N)N=C(N=Cc5cccnc5)c5cccnc5)CC4c4ccccc4)c3cc21. The molecular formula is C52H40N6. The van der Waals surface area contributed by atoms with Crippen molar-refractivity contribution < 1.29 is 0 Å². The molecule has 0 spiro atoms. The van der Waals surface area contributed by atoms with Crippen molar-refractivity contribution in [1.82, 2.24) is 14.5 Å². The van der Waals surface area contributed by atoms with E-state index < -0.39 is 0 Å². The lowest BCUT2D eigenvalue weighted by molar-refractivity contribution is 0.661. The summed E-state index contributed by atoms with van der Waals surface area (Å²) in [6.45, 7) is 4.69. The van der Waals surface area contributed by atoms with Gasteiger partial charge in [-0.25, -0.2) is 9.98 Å². The zero-order chi connectivity index (χ0) is 39.2. The van der Waals surface area contributed by atoms with E-state index in [9.17, 15) is 5.41 Å². The molecule has 1 atom stereocenters. The molecule has 278 valence electrons. The second kappa shape index (κ2) is 14.3. The first-order valence-corrected chi connectivity index (χ1v) is 19.7. The number of benzene rings is 5. The van der Waals surface area contributed by atoms with E-state index in [4.69, 9.17) is 9.98 Å². The molecule has 5 aromatic carbocycles. The average Bonchev–Trinajstić information content (AvgIpc) is 3.72. The van der Waals surface area contributed by atoms with Crippen LogP contribution < -0.4 is 0 Å². The van der Waals surface area contributed by atoms with Crippen LogP contribution >= 0.6 is 0 Å². The fraction of sp³-hybridized carbons (Fsp3) is 0.0962. The van der Waals surface area contributed by atoms with Crippen molar-refractivity contribution in [3.05, 3.63) is 215 Å². The molecule has 1 N–H and O–H groups in total. The van der Waals surface area contributed by atoms with Crippen LogP contribution in [-0.4, -0.2) is 32.4 Å². The van der Waals surface area contributed by atoms with Crippen LogP contribution in [0.1, 0.15) is 59.6 Å². The maximum absolute atomic E-state index is 9.65. The van der Waals surface area contributed by atoms with Crippen molar-refractivity contribution >= 4 is 51.0 Å². The van der Waals surface area contributed by atoms with Gasteiger partial charge in [0.05, 0.1) is 11.0 Å². The molecule has 6 heteroatoms. The van der Waals surface area contributed by atoms with E-state index >= 15 is 0 Å². The van der Waals surface area contributed by atoms with Crippen LogP contribution in [0, 0.1) is 5.41 Å². The summed E-state index contributed by atoms with van der Waals surface area (Å²) in [5.74, 6) is 0.468. The number of nitrogens with one attached hydrogen (secondary N) is 1. The lowest BCUT2D eigenvalue weighted by Gasteiger charge is -2.31. The molecule has 0 saturated carbocycles. The molecule has 0 bridgehead atoms. The van der Waals surface area contributed by atoms with E-state index in [0.717, 1.165) is 33.4 Å². The summed E-state index contributed by atoms with van der Waals surface area (Å²) in [6.07, 6.45) is 11.5. The monoisotopic (exact) mass is 748 g/mol. The number of hydrogen-bond acceptors (Lipinski definition) is 3. The van der Waals surface area contributed by atoms with Gasteiger partial charge in [-0.05, 0) is 87.8 Å². The van der Waals surface area contributed by atoms with Crippen molar-refractivity contribution in [3.63, 3.8) is 0 Å². The Hall–Kier alpha value is -7.31. The lowest BCUT2D eigenvalue weighted by atomic mass is 9.79. The molecule has 3 aromatic heterocycles. The van der Waals surface area contributed by atoms with Crippen molar-refractivity contribution in [2.24, 2.45) is 9.98 Å². The highest BCUT2D eigenvalue weighted by atomic mass is 15.0. The van der Waals surface area contributed by atoms with Gasteiger partial charge in [-0.2, -0.15) is 0 Å². The first-order chi connectivity index (χ1) is 28.5. The normalized spacial score (nSPS) is 16.1. The molecule has 0 radical (unpaired) electrons. The molecule has 0 amide bonds. The Balaban J connectivity index is 1.23. The highest BCUT2D eigenvalue weighted by Crippen LogP contribution is 2.53. The second-order valence-electron chi connectivity index (χ2n) is 15.5. The van der Waals surface area contributed by atoms with Gasteiger partial charge < -0.3 is 4.57 Å². The lowest BCUT2D eigenvalue weighted by Crippen LogP contribution is -2.18. The van der Waals surface area contributed by atoms with Gasteiger partial charge in [-0.3, -0.25) is 15.4 Å². The Labute approximate surface area is 337 Å². The molecule has 8 aromatic rings. The highest BCUT2D eigenvalue weighted by molar-refractivity contribution is 6.17. The summed E-state index contributed by atoms with van der Waals surface area (Å²) in [5.41, 5.74) is 14.4. The quantitative estimate of drug-likeness (QED) is 0.136. The highest BCUT2D eigenvalue weighted by Gasteiger charge is 2.37. The summed E-state index contributed by atoms with van der Waals surface area (Å²) >= 11 is 0. The van der Waals surface area contributed by atoms with Crippen molar-refractivity contribution in [1.29, 1.82) is 5.41 Å². The molecule has 2 aliphatic rings. The van der Waals surface area contributed by atoms with Gasteiger partial charge in [0.15, 0.2) is 5.84 Å². The third kappa shape index (κ3) is 6.01. The van der Waals surface area contributed by atoms with Gasteiger partial charge in [-0.15, -0.1) is 0 Å². The molecule has 6 nitrogen and oxygen atoms in total. The minimum Gasteiger partial charge on any atom is -0.312 e. The largest absolute Gasteiger partial charge is 0.312 e. The van der Waals surface area contributed by atoms with E-state index in [1.54, 1.807) is 31.0 Å². The van der Waals surface area contributed by atoms with Crippen LogP contribution in [0.15, 0.2) is 192 Å². The number of allylic oxidation sites excluding steroid dienone is 3. The topological polar surface area (TPSA) is 79.3 Å². The van der Waals surface area contributed by atoms with Gasteiger partial charge >= 0.3 is 0 Å². The molecule has 0 saturated heterocycles. The van der Waals surface area contributed by atoms with Gasteiger partial charge in [0, 0.05) is 75.5 Å². The Bertz CT molecular complexity index is 2990. The molecular weight excluding hydrogens is 709 g/mol. The standard InChI is InChI=1S/C52H40N6/c1-52(2)45-23-11-9-21-39(45)43-29-44-40-22-10-12-24-47(40)58(48(44)30-46(43)52)49-41(35-16-5-3-6-17-35)27-38(28-42(49)36-18-7-4-8-19-36)50(53)57-51(37-20-14-26-55-33-37)56-32-34-15-13-25-54-31-34/h3-27,29-33,42,53H,28H2,1-2H3. The van der Waals surface area contributed by atoms with Gasteiger partial charge in [-0.1, -0.05) is 123 Å². The molecule has 10 rings (SSSR count). The number of amidine groups is 2. The predicted octanol–water partition coefficient (Wildman–Crippen LogP) is 11.9. The van der Waals surface area contributed by atoms with E-state index in [2.05, 4.69) is 156 Å². The molecule has 0 aliphatic heterocycles. The molecule has 2 aliphatic carbocycles. The van der Waals surface area contributed by atoms with Crippen molar-refractivity contribution in [2.45, 2.75) is 31.6 Å². The first-order valence-electron chi connectivity index (χ1n) is 19.7. The number of aliphatic imine (C=N–C) groups is 2. The van der Waals surface area contributed by atoms with Crippen LogP contribution in [0.2, 0.25) is 0 Å². The number of pyridine rings is 2. The summed E-state index contributed by atoms with van der Waals surface area (Å²) < 4.78 is 2.52. The van der Waals surface area contributed by atoms with Gasteiger partial charge in [0.1, 0.15) is 5.84 Å². The van der Waals surface area contributed by atoms with E-state index in [-0.39, 0.29) is 17.2 Å². The molecule has 0 fully saturated rings. The number of rotatable bonds is 6. The van der Waals surface area contributed by atoms with Crippen LogP contribution in [0.5, 0.6) is 0 Å². The minimum absolute atomic E-state index is 0.106. The van der Waals surface area contributed by atoms with E-state index in [1.165, 1.54) is 49.8 Å². The van der Waals surface area contributed by atoms with Crippen LogP contribution in [0.25, 0.3) is 44.2 Å². The molecule has 3 heterocycles. The van der Waals surface area contributed by atoms with Crippen molar-refractivity contribution in [3.8, 4) is 11.1 Å². The summed E-state index contributed by atoms with van der Waals surface area (Å²) in [6, 6.07) is 51.5. The second-order valence-corrected chi connectivity index (χ2v) is 15.5. The number of aromatic nitrogens is 3. The number of hydrogen-bond donors (Lipinski definition) is 1. The zero-order valence-electron chi connectivity index (χ0n) is 32.3. The number of nitrogens with zero attached hydrogens (tertiary/aromatic N) is 5. The van der Waals surface area contributed by atoms with Gasteiger partial charge in [0.25, 0.3) is 0 Å². The third-order valence-corrected chi connectivity index (χ3v) is 11.7. The smallest absolute Gasteiger partial charge is 0.163 e. The van der Waals surface area contributed by atoms with Gasteiger partial charge in [0.2, 0.25) is 0 Å². The maximum atomic E-state index is 9.65. The predicted molar refractivity (Wildman–Crippen MR) is 239 cm³/mol. The van der Waals surface area contributed by atoms with E-state index in [1.807, 2.05) is 24.3 Å². The molecule has 58 heavy (non-hydrogen) atoms. The number of para-hydroxylation sites is 1. The van der Waals surface area contributed by atoms with Crippen LogP contribution in [0.4, 0.5) is 0 Å². The Morgan fingerprint density at radius 1 is 0.707 bits per heavy atom. The fourth-order valence-electron chi connectivity index (χ4n) is 8.91. The first kappa shape index (κ1) is 35.1. The minimum atomic E-state index is -0.158. The third-order valence-electron chi connectivity index (χ3n) is 11.7. The van der Waals surface area contributed by atoms with Crippen LogP contribution in [-0.2, 0) is 5.41 Å². The Morgan fingerprint density at radius 2 is 1.43 bits per heavy atom. The summed E-state index contributed by atoms with van der Waals surface area (Å²) in [4.78, 5) is 18.3. The zero-order valence-corrected chi connectivity index (χ0v) is 32.3. The Morgan fingerprint density at radius 3 is 2.21 bits per heavy atom. The maximum Gasteiger partial charge on any atom is 0.163 e. The summed E-state index contributed by atoms with van der Waals surface area (Å²) in [5, 5.41) is 12.1. The average molecular weight is 749 g/mol. The number of fused-ring (bicyclic) bond motifs is 6. The van der Waals surface area contributed by atoms with Crippen molar-refractivity contribution in [2.75, 3.05) is 0 Å². The Kier molecular flexibility index (Phi) is 8.67. The summed E-state index contributed by atoms with van der Waals surface area (Å²) in [7, 11) is 0. The fourth-order valence-corrected chi connectivity index (χ4v) is 8.91. The molecule has 1 unspecified atom stereocenters. The van der Waals surface area contributed by atoms with Crippen LogP contribution in [0.3, 0.4) is 0 Å².